The molecule has 3 aromatic rings. The third-order valence-corrected chi connectivity index (χ3v) is 4.48. The molecule has 0 saturated carbocycles. The highest BCUT2D eigenvalue weighted by Crippen LogP contribution is 2.27. The number of carbonyl (C=O) groups is 1. The van der Waals surface area contributed by atoms with E-state index >= 15 is 0 Å². The van der Waals surface area contributed by atoms with Gasteiger partial charge in [0.05, 0.1) is 12.0 Å². The number of anilines is 1. The number of nitrogens with zero attached hydrogens (tertiary/aromatic N) is 2. The number of thiophene rings is 1. The van der Waals surface area contributed by atoms with Crippen LogP contribution in [0.15, 0.2) is 36.7 Å². The Hall–Kier alpha value is -2.51. The Morgan fingerprint density at radius 2 is 2.04 bits per heavy atom. The fourth-order valence-corrected chi connectivity index (χ4v) is 3.20. The van der Waals surface area contributed by atoms with Gasteiger partial charge < -0.3 is 15.7 Å². The summed E-state index contributed by atoms with van der Waals surface area (Å²) in [6, 6.07) is 9.43. The largest absolute Gasteiger partial charge is 0.395 e. The van der Waals surface area contributed by atoms with Crippen molar-refractivity contribution in [2.75, 3.05) is 18.5 Å². The van der Waals surface area contributed by atoms with E-state index in [1.807, 2.05) is 12.1 Å². The van der Waals surface area contributed by atoms with Crippen LogP contribution in [0, 0.1) is 6.92 Å². The van der Waals surface area contributed by atoms with Gasteiger partial charge >= 0.3 is 0 Å². The molecule has 24 heavy (non-hydrogen) atoms. The first kappa shape index (κ1) is 16.4. The van der Waals surface area contributed by atoms with Gasteiger partial charge in [0.1, 0.15) is 17.0 Å². The molecule has 2 heterocycles. The van der Waals surface area contributed by atoms with Crippen molar-refractivity contribution in [3.8, 4) is 0 Å². The molecule has 0 fully saturated rings. The van der Waals surface area contributed by atoms with Crippen molar-refractivity contribution in [3.05, 3.63) is 52.7 Å². The first-order chi connectivity index (χ1) is 11.7. The van der Waals surface area contributed by atoms with E-state index in [0.29, 0.717) is 12.1 Å². The number of rotatable bonds is 6. The van der Waals surface area contributed by atoms with Crippen molar-refractivity contribution < 1.29 is 9.90 Å². The molecule has 0 bridgehead atoms. The molecule has 0 unspecified atom stereocenters. The zero-order chi connectivity index (χ0) is 16.9. The van der Waals surface area contributed by atoms with Crippen LogP contribution in [0.3, 0.4) is 0 Å². The number of aliphatic hydroxyl groups is 1. The van der Waals surface area contributed by atoms with Gasteiger partial charge in [-0.3, -0.25) is 4.79 Å². The second kappa shape index (κ2) is 7.37. The van der Waals surface area contributed by atoms with Crippen molar-refractivity contribution in [1.29, 1.82) is 0 Å². The van der Waals surface area contributed by atoms with E-state index in [1.165, 1.54) is 4.88 Å². The predicted octanol–water partition coefficient (Wildman–Crippen LogP) is 2.33. The van der Waals surface area contributed by atoms with E-state index in [0.717, 1.165) is 21.6 Å². The number of fused-ring (bicyclic) bond motifs is 1. The lowest BCUT2D eigenvalue weighted by Gasteiger charge is -2.08. The Labute approximate surface area is 143 Å². The van der Waals surface area contributed by atoms with Crippen LogP contribution in [0.1, 0.15) is 20.8 Å². The molecule has 0 aliphatic carbocycles. The van der Waals surface area contributed by atoms with E-state index in [-0.39, 0.29) is 19.1 Å². The molecule has 0 spiro atoms. The molecule has 1 aromatic carbocycles. The van der Waals surface area contributed by atoms with Crippen LogP contribution < -0.4 is 10.6 Å². The zero-order valence-corrected chi connectivity index (χ0v) is 14.1. The lowest BCUT2D eigenvalue weighted by Crippen LogP contribution is -2.26. The molecule has 0 radical (unpaired) electrons. The first-order valence-corrected chi connectivity index (χ1v) is 8.42. The molecule has 3 rings (SSSR count). The van der Waals surface area contributed by atoms with Crippen LogP contribution in [-0.2, 0) is 6.54 Å². The van der Waals surface area contributed by atoms with Crippen molar-refractivity contribution >= 4 is 33.3 Å². The van der Waals surface area contributed by atoms with Gasteiger partial charge in [-0.05, 0) is 30.7 Å². The quantitative estimate of drug-likeness (QED) is 0.640. The number of aryl methyl sites for hydroxylation is 1. The Balaban J connectivity index is 1.67. The molecule has 7 heteroatoms. The minimum Gasteiger partial charge on any atom is -0.395 e. The van der Waals surface area contributed by atoms with Gasteiger partial charge in [-0.1, -0.05) is 12.1 Å². The SMILES string of the molecule is Cc1cc2c(NCc3ccc(C(=O)NCCO)cc3)ncnc2s1. The van der Waals surface area contributed by atoms with Crippen molar-refractivity contribution in [2.24, 2.45) is 0 Å². The summed E-state index contributed by atoms with van der Waals surface area (Å²) in [6.07, 6.45) is 1.56. The van der Waals surface area contributed by atoms with Gasteiger partial charge in [0.15, 0.2) is 0 Å². The third-order valence-electron chi connectivity index (χ3n) is 3.53. The highest BCUT2D eigenvalue weighted by molar-refractivity contribution is 7.18. The molecule has 2 aromatic heterocycles. The summed E-state index contributed by atoms with van der Waals surface area (Å²) in [7, 11) is 0. The third kappa shape index (κ3) is 3.69. The molecule has 6 nitrogen and oxygen atoms in total. The van der Waals surface area contributed by atoms with Crippen molar-refractivity contribution in [2.45, 2.75) is 13.5 Å². The van der Waals surface area contributed by atoms with Crippen LogP contribution >= 0.6 is 11.3 Å². The molecule has 0 aliphatic heterocycles. The second-order valence-electron chi connectivity index (χ2n) is 5.33. The van der Waals surface area contributed by atoms with E-state index in [2.05, 4.69) is 33.6 Å². The van der Waals surface area contributed by atoms with Gasteiger partial charge in [-0.2, -0.15) is 0 Å². The van der Waals surface area contributed by atoms with Gasteiger partial charge in [-0.15, -0.1) is 11.3 Å². The molecule has 3 N–H and O–H groups in total. The van der Waals surface area contributed by atoms with Crippen molar-refractivity contribution in [1.82, 2.24) is 15.3 Å². The number of aliphatic hydroxyl groups excluding tert-OH is 1. The van der Waals surface area contributed by atoms with E-state index in [4.69, 9.17) is 5.11 Å². The molecule has 1 amide bonds. The standard InChI is InChI=1S/C17H18N4O2S/c1-11-8-14-15(20-10-21-17(14)24-11)19-9-12-2-4-13(5-3-12)16(23)18-6-7-22/h2-5,8,10,22H,6-7,9H2,1H3,(H,18,23)(H,19,20,21). The number of amides is 1. The molecule has 124 valence electrons. The minimum absolute atomic E-state index is 0.0663. The Bertz CT molecular complexity index is 845. The van der Waals surface area contributed by atoms with Gasteiger partial charge in [0.25, 0.3) is 5.91 Å². The number of aromatic nitrogens is 2. The number of hydrogen-bond donors (Lipinski definition) is 3. The Kier molecular flexibility index (Phi) is 5.02. The predicted molar refractivity (Wildman–Crippen MR) is 95.3 cm³/mol. The molecular formula is C17H18N4O2S. The number of nitrogens with one attached hydrogen (secondary N) is 2. The Morgan fingerprint density at radius 3 is 2.79 bits per heavy atom. The summed E-state index contributed by atoms with van der Waals surface area (Å²) < 4.78 is 0. The maximum absolute atomic E-state index is 11.8. The topological polar surface area (TPSA) is 87.1 Å². The molecular weight excluding hydrogens is 324 g/mol. The van der Waals surface area contributed by atoms with Gasteiger partial charge in [0.2, 0.25) is 0 Å². The summed E-state index contributed by atoms with van der Waals surface area (Å²) in [5.74, 6) is 0.629. The van der Waals surface area contributed by atoms with E-state index in [1.54, 1.807) is 29.8 Å². The summed E-state index contributed by atoms with van der Waals surface area (Å²) in [5.41, 5.74) is 1.62. The Morgan fingerprint density at radius 1 is 1.25 bits per heavy atom. The maximum Gasteiger partial charge on any atom is 0.251 e. The summed E-state index contributed by atoms with van der Waals surface area (Å²) in [4.78, 5) is 22.6. The average molecular weight is 342 g/mol. The molecule has 0 aliphatic rings. The summed E-state index contributed by atoms with van der Waals surface area (Å²) in [5, 5.41) is 15.7. The summed E-state index contributed by atoms with van der Waals surface area (Å²) >= 11 is 1.65. The number of carbonyl (C=O) groups excluding carboxylic acids is 1. The van der Waals surface area contributed by atoms with Crippen LogP contribution in [0.4, 0.5) is 5.82 Å². The fourth-order valence-electron chi connectivity index (χ4n) is 2.35. The molecule has 0 atom stereocenters. The lowest BCUT2D eigenvalue weighted by atomic mass is 10.1. The fraction of sp³-hybridized carbons (Fsp3) is 0.235. The van der Waals surface area contributed by atoms with Crippen LogP contribution in [0.5, 0.6) is 0 Å². The van der Waals surface area contributed by atoms with Crippen LogP contribution in [0.2, 0.25) is 0 Å². The lowest BCUT2D eigenvalue weighted by molar-refractivity contribution is 0.0945. The second-order valence-corrected chi connectivity index (χ2v) is 6.56. The molecule has 0 saturated heterocycles. The highest BCUT2D eigenvalue weighted by atomic mass is 32.1. The van der Waals surface area contributed by atoms with Crippen molar-refractivity contribution in [3.63, 3.8) is 0 Å². The van der Waals surface area contributed by atoms with Gasteiger partial charge in [-0.25, -0.2) is 9.97 Å². The normalized spacial score (nSPS) is 10.8. The average Bonchev–Trinajstić information content (AvgIpc) is 2.99. The van der Waals surface area contributed by atoms with Gasteiger partial charge in [0, 0.05) is 23.5 Å². The maximum atomic E-state index is 11.8. The van der Waals surface area contributed by atoms with E-state index in [9.17, 15) is 4.79 Å². The highest BCUT2D eigenvalue weighted by Gasteiger charge is 2.07. The summed E-state index contributed by atoms with van der Waals surface area (Å²) in [6.45, 7) is 2.85. The van der Waals surface area contributed by atoms with Crippen LogP contribution in [0.25, 0.3) is 10.2 Å². The van der Waals surface area contributed by atoms with E-state index < -0.39 is 0 Å². The monoisotopic (exact) mass is 342 g/mol. The minimum atomic E-state index is -0.185. The smallest absolute Gasteiger partial charge is 0.251 e. The first-order valence-electron chi connectivity index (χ1n) is 7.60. The number of hydrogen-bond acceptors (Lipinski definition) is 6. The van der Waals surface area contributed by atoms with Crippen LogP contribution in [-0.4, -0.2) is 34.1 Å². The zero-order valence-electron chi connectivity index (χ0n) is 13.2. The number of benzene rings is 1.